The molecule has 1 heterocycles. The van der Waals surface area contributed by atoms with Crippen molar-refractivity contribution in [3.05, 3.63) is 48.0 Å². The molecule has 0 aliphatic heterocycles. The molecule has 0 bridgehead atoms. The summed E-state index contributed by atoms with van der Waals surface area (Å²) in [7, 11) is 0. The van der Waals surface area contributed by atoms with Crippen molar-refractivity contribution in [2.45, 2.75) is 12.8 Å². The molecule has 0 atom stereocenters. The van der Waals surface area contributed by atoms with Crippen LogP contribution >= 0.6 is 0 Å². The van der Waals surface area contributed by atoms with Crippen LogP contribution < -0.4 is 4.74 Å². The Bertz CT molecular complexity index is 500. The van der Waals surface area contributed by atoms with Crippen molar-refractivity contribution in [3.8, 4) is 11.8 Å². The number of nitrogens with zero attached hydrogens (tertiary/aromatic N) is 2. The topological polar surface area (TPSA) is 61.7 Å². The van der Waals surface area contributed by atoms with Crippen LogP contribution in [-0.2, 0) is 6.42 Å². The maximum atomic E-state index is 8.74. The van der Waals surface area contributed by atoms with E-state index in [0.29, 0.717) is 12.2 Å². The van der Waals surface area contributed by atoms with E-state index in [2.05, 4.69) is 16.0 Å². The Balaban J connectivity index is 1.76. The van der Waals surface area contributed by atoms with Crippen molar-refractivity contribution in [1.82, 2.24) is 9.97 Å². The first kappa shape index (κ1) is 11.2. The van der Waals surface area contributed by atoms with E-state index in [1.807, 2.05) is 18.3 Å². The summed E-state index contributed by atoms with van der Waals surface area (Å²) in [4.78, 5) is 6.99. The lowest BCUT2D eigenvalue weighted by Crippen LogP contribution is -1.99. The van der Waals surface area contributed by atoms with E-state index in [-0.39, 0.29) is 0 Å². The largest absolute Gasteiger partial charge is 0.494 e. The molecule has 0 saturated heterocycles. The smallest absolute Gasteiger partial charge is 0.120 e. The van der Waals surface area contributed by atoms with Gasteiger partial charge in [-0.05, 0) is 31.0 Å². The fraction of sp³-hybridized carbons (Fsp3) is 0.231. The first-order valence-electron chi connectivity index (χ1n) is 5.49. The summed E-state index contributed by atoms with van der Waals surface area (Å²) in [5, 5.41) is 8.74. The van der Waals surface area contributed by atoms with E-state index in [9.17, 15) is 0 Å². The van der Waals surface area contributed by atoms with Crippen LogP contribution in [0.2, 0.25) is 0 Å². The third kappa shape index (κ3) is 3.35. The fourth-order valence-electron chi connectivity index (χ4n) is 1.53. The summed E-state index contributed by atoms with van der Waals surface area (Å²) in [5.74, 6) is 0.744. The Kier molecular flexibility index (Phi) is 3.77. The molecule has 4 nitrogen and oxygen atoms in total. The van der Waals surface area contributed by atoms with Crippen molar-refractivity contribution in [2.24, 2.45) is 0 Å². The number of nitriles is 1. The summed E-state index contributed by atoms with van der Waals surface area (Å²) < 4.78 is 5.56. The van der Waals surface area contributed by atoms with Crippen LogP contribution in [0.1, 0.15) is 17.7 Å². The molecule has 86 valence electrons. The quantitative estimate of drug-likeness (QED) is 0.797. The number of nitrogens with one attached hydrogen (secondary N) is 1. The van der Waals surface area contributed by atoms with E-state index in [1.165, 1.54) is 0 Å². The van der Waals surface area contributed by atoms with Gasteiger partial charge in [0.05, 0.1) is 24.6 Å². The third-order valence-electron chi connectivity index (χ3n) is 2.38. The highest BCUT2D eigenvalue weighted by atomic mass is 16.5. The van der Waals surface area contributed by atoms with E-state index in [0.717, 1.165) is 24.3 Å². The van der Waals surface area contributed by atoms with Gasteiger partial charge in [-0.2, -0.15) is 5.26 Å². The number of imidazole rings is 1. The van der Waals surface area contributed by atoms with Gasteiger partial charge >= 0.3 is 0 Å². The average Bonchev–Trinajstić information content (AvgIpc) is 2.88. The second-order valence-electron chi connectivity index (χ2n) is 3.67. The van der Waals surface area contributed by atoms with Gasteiger partial charge in [0, 0.05) is 11.9 Å². The highest BCUT2D eigenvalue weighted by Gasteiger charge is 1.97. The lowest BCUT2D eigenvalue weighted by molar-refractivity contribution is 0.310. The molecule has 0 amide bonds. The van der Waals surface area contributed by atoms with Gasteiger partial charge in [-0.3, -0.25) is 0 Å². The molecule has 17 heavy (non-hydrogen) atoms. The van der Waals surface area contributed by atoms with Crippen LogP contribution in [0.4, 0.5) is 0 Å². The number of H-pyrrole nitrogens is 1. The Morgan fingerprint density at radius 2 is 2.35 bits per heavy atom. The molecule has 1 aromatic carbocycles. The molecule has 1 N–H and O–H groups in total. The maximum Gasteiger partial charge on any atom is 0.120 e. The van der Waals surface area contributed by atoms with Crippen molar-refractivity contribution in [3.63, 3.8) is 0 Å². The van der Waals surface area contributed by atoms with Crippen LogP contribution in [0.15, 0.2) is 36.8 Å². The zero-order valence-electron chi connectivity index (χ0n) is 9.39. The van der Waals surface area contributed by atoms with Gasteiger partial charge in [-0.25, -0.2) is 4.98 Å². The second kappa shape index (κ2) is 5.71. The summed E-state index contributed by atoms with van der Waals surface area (Å²) in [5.41, 5.74) is 1.73. The van der Waals surface area contributed by atoms with Gasteiger partial charge in [-0.1, -0.05) is 6.07 Å². The molecule has 2 aromatic rings. The molecular weight excluding hydrogens is 214 g/mol. The SMILES string of the molecule is N#Cc1cccc(OCCCc2cnc[nH]2)c1. The number of aromatic amines is 1. The van der Waals surface area contributed by atoms with Gasteiger partial charge in [0.1, 0.15) is 5.75 Å². The summed E-state index contributed by atoms with van der Waals surface area (Å²) in [6.45, 7) is 0.633. The number of benzene rings is 1. The fourth-order valence-corrected chi connectivity index (χ4v) is 1.53. The van der Waals surface area contributed by atoms with Crippen LogP contribution in [0.25, 0.3) is 0 Å². The predicted octanol–water partition coefficient (Wildman–Crippen LogP) is 2.29. The van der Waals surface area contributed by atoms with Crippen LogP contribution in [0, 0.1) is 11.3 Å². The molecule has 1 aromatic heterocycles. The van der Waals surface area contributed by atoms with E-state index < -0.39 is 0 Å². The summed E-state index contributed by atoms with van der Waals surface area (Å²) in [6.07, 6.45) is 5.32. The average molecular weight is 227 g/mol. The number of aromatic nitrogens is 2. The Morgan fingerprint density at radius 1 is 1.41 bits per heavy atom. The third-order valence-corrected chi connectivity index (χ3v) is 2.38. The molecule has 0 fully saturated rings. The first-order valence-corrected chi connectivity index (χ1v) is 5.49. The number of hydrogen-bond donors (Lipinski definition) is 1. The van der Waals surface area contributed by atoms with Gasteiger partial charge in [0.2, 0.25) is 0 Å². The molecule has 4 heteroatoms. The lowest BCUT2D eigenvalue weighted by Gasteiger charge is -2.05. The van der Waals surface area contributed by atoms with Crippen molar-refractivity contribution < 1.29 is 4.74 Å². The van der Waals surface area contributed by atoms with E-state index in [4.69, 9.17) is 10.00 Å². The summed E-state index contributed by atoms with van der Waals surface area (Å²) >= 11 is 0. The predicted molar refractivity (Wildman–Crippen MR) is 63.6 cm³/mol. The van der Waals surface area contributed by atoms with E-state index >= 15 is 0 Å². The first-order chi connectivity index (χ1) is 8.38. The number of aryl methyl sites for hydroxylation is 1. The van der Waals surface area contributed by atoms with Crippen molar-refractivity contribution in [2.75, 3.05) is 6.61 Å². The number of hydrogen-bond acceptors (Lipinski definition) is 3. The van der Waals surface area contributed by atoms with Gasteiger partial charge in [-0.15, -0.1) is 0 Å². The number of ether oxygens (including phenoxy) is 1. The zero-order valence-corrected chi connectivity index (χ0v) is 9.39. The minimum Gasteiger partial charge on any atom is -0.494 e. The van der Waals surface area contributed by atoms with Crippen LogP contribution in [0.3, 0.4) is 0 Å². The highest BCUT2D eigenvalue weighted by Crippen LogP contribution is 2.12. The Morgan fingerprint density at radius 3 is 3.12 bits per heavy atom. The van der Waals surface area contributed by atoms with Crippen LogP contribution in [0.5, 0.6) is 5.75 Å². The lowest BCUT2D eigenvalue weighted by atomic mass is 10.2. The standard InChI is InChI=1S/C13H13N3O/c14-8-11-3-1-5-13(7-11)17-6-2-4-12-9-15-10-16-12/h1,3,5,7,9-10H,2,4,6H2,(H,15,16). The Hall–Kier alpha value is -2.28. The Labute approximate surface area is 99.9 Å². The highest BCUT2D eigenvalue weighted by molar-refractivity contribution is 5.36. The molecule has 0 unspecified atom stereocenters. The molecular formula is C13H13N3O. The molecule has 0 radical (unpaired) electrons. The molecule has 0 aliphatic carbocycles. The molecule has 0 aliphatic rings. The summed E-state index contributed by atoms with van der Waals surface area (Å²) in [6, 6.07) is 9.27. The normalized spacial score (nSPS) is 9.82. The number of rotatable bonds is 5. The molecule has 0 saturated carbocycles. The van der Waals surface area contributed by atoms with Crippen molar-refractivity contribution in [1.29, 1.82) is 5.26 Å². The van der Waals surface area contributed by atoms with Crippen LogP contribution in [-0.4, -0.2) is 16.6 Å². The minimum absolute atomic E-state index is 0.621. The van der Waals surface area contributed by atoms with Crippen molar-refractivity contribution >= 4 is 0 Å². The molecule has 2 rings (SSSR count). The van der Waals surface area contributed by atoms with Gasteiger partial charge < -0.3 is 9.72 Å². The van der Waals surface area contributed by atoms with Gasteiger partial charge in [0.15, 0.2) is 0 Å². The molecule has 0 spiro atoms. The van der Waals surface area contributed by atoms with Gasteiger partial charge in [0.25, 0.3) is 0 Å². The minimum atomic E-state index is 0.621. The second-order valence-corrected chi connectivity index (χ2v) is 3.67. The maximum absolute atomic E-state index is 8.74. The zero-order chi connectivity index (χ0) is 11.9. The monoisotopic (exact) mass is 227 g/mol. The van der Waals surface area contributed by atoms with E-state index in [1.54, 1.807) is 18.5 Å².